The Labute approximate surface area is 126 Å². The van der Waals surface area contributed by atoms with Crippen molar-refractivity contribution in [3.8, 4) is 17.2 Å². The molecule has 0 fully saturated rings. The third-order valence-electron chi connectivity index (χ3n) is 3.07. The lowest BCUT2D eigenvalue weighted by atomic mass is 10.2. The van der Waals surface area contributed by atoms with Crippen LogP contribution in [0.3, 0.4) is 0 Å². The highest BCUT2D eigenvalue weighted by atomic mass is 35.5. The van der Waals surface area contributed by atoms with Gasteiger partial charge in [0.25, 0.3) is 0 Å². The maximum atomic E-state index is 7.55. The van der Waals surface area contributed by atoms with Crippen LogP contribution in [0.4, 0.5) is 0 Å². The van der Waals surface area contributed by atoms with Gasteiger partial charge in [-0.05, 0) is 35.9 Å². The van der Waals surface area contributed by atoms with E-state index in [9.17, 15) is 0 Å². The summed E-state index contributed by atoms with van der Waals surface area (Å²) in [7, 11) is 0. The van der Waals surface area contributed by atoms with Crippen molar-refractivity contribution in [1.29, 1.82) is 5.41 Å². The Bertz CT molecular complexity index is 703. The fraction of sp³-hybridized carbons (Fsp3) is 0.133. The molecule has 3 rings (SSSR count). The van der Waals surface area contributed by atoms with E-state index < -0.39 is 0 Å². The van der Waals surface area contributed by atoms with Gasteiger partial charge in [0.15, 0.2) is 11.5 Å². The van der Waals surface area contributed by atoms with Gasteiger partial charge in [-0.1, -0.05) is 17.7 Å². The van der Waals surface area contributed by atoms with Gasteiger partial charge in [-0.3, -0.25) is 5.41 Å². The van der Waals surface area contributed by atoms with Gasteiger partial charge in [-0.25, -0.2) is 0 Å². The van der Waals surface area contributed by atoms with E-state index >= 15 is 0 Å². The number of nitrogen functional groups attached to an aromatic ring is 1. The Balaban J connectivity index is 1.78. The standard InChI is InChI=1S/C15H13ClN2O3/c16-10-2-3-11(15(17)18)13(6-10)19-7-9-1-4-12-14(5-9)21-8-20-12/h1-6H,7-8H2,(H3,17,18). The second-order valence-corrected chi connectivity index (χ2v) is 4.97. The quantitative estimate of drug-likeness (QED) is 0.672. The Kier molecular flexibility index (Phi) is 3.58. The predicted octanol–water partition coefficient (Wildman–Crippen LogP) is 2.93. The van der Waals surface area contributed by atoms with E-state index in [4.69, 9.17) is 37.0 Å². The summed E-state index contributed by atoms with van der Waals surface area (Å²) in [5, 5.41) is 8.08. The molecule has 0 atom stereocenters. The number of hydrogen-bond donors (Lipinski definition) is 2. The zero-order chi connectivity index (χ0) is 14.8. The first-order chi connectivity index (χ1) is 10.1. The number of amidine groups is 1. The normalized spacial score (nSPS) is 12.2. The summed E-state index contributed by atoms with van der Waals surface area (Å²) in [5.41, 5.74) is 6.97. The average Bonchev–Trinajstić information content (AvgIpc) is 2.92. The SMILES string of the molecule is N=C(N)c1ccc(Cl)cc1OCc1ccc2c(c1)OCO2. The number of nitrogens with one attached hydrogen (secondary N) is 1. The number of nitrogens with two attached hydrogens (primary N) is 1. The zero-order valence-corrected chi connectivity index (χ0v) is 11.8. The number of benzene rings is 2. The van der Waals surface area contributed by atoms with Gasteiger partial charge >= 0.3 is 0 Å². The first-order valence-electron chi connectivity index (χ1n) is 6.29. The highest BCUT2D eigenvalue weighted by Gasteiger charge is 2.14. The second-order valence-electron chi connectivity index (χ2n) is 4.53. The largest absolute Gasteiger partial charge is 0.488 e. The van der Waals surface area contributed by atoms with Crippen LogP contribution in [0.5, 0.6) is 17.2 Å². The van der Waals surface area contributed by atoms with E-state index in [2.05, 4.69) is 0 Å². The molecule has 0 saturated carbocycles. The van der Waals surface area contributed by atoms with Crippen LogP contribution in [-0.4, -0.2) is 12.6 Å². The van der Waals surface area contributed by atoms with Crippen LogP contribution in [0, 0.1) is 5.41 Å². The minimum Gasteiger partial charge on any atom is -0.488 e. The Morgan fingerprint density at radius 2 is 2.00 bits per heavy atom. The van der Waals surface area contributed by atoms with Crippen LogP contribution in [0.2, 0.25) is 5.02 Å². The van der Waals surface area contributed by atoms with Crippen LogP contribution in [0.1, 0.15) is 11.1 Å². The van der Waals surface area contributed by atoms with Crippen LogP contribution in [-0.2, 0) is 6.61 Å². The van der Waals surface area contributed by atoms with Crippen molar-refractivity contribution in [2.24, 2.45) is 5.73 Å². The van der Waals surface area contributed by atoms with Gasteiger partial charge in [-0.15, -0.1) is 0 Å². The second kappa shape index (κ2) is 5.54. The van der Waals surface area contributed by atoms with Crippen LogP contribution >= 0.6 is 11.6 Å². The summed E-state index contributed by atoms with van der Waals surface area (Å²) in [6, 6.07) is 10.6. The van der Waals surface area contributed by atoms with Crippen molar-refractivity contribution < 1.29 is 14.2 Å². The van der Waals surface area contributed by atoms with Gasteiger partial charge in [0.1, 0.15) is 18.2 Å². The molecule has 0 amide bonds. The van der Waals surface area contributed by atoms with Crippen molar-refractivity contribution in [3.05, 3.63) is 52.5 Å². The molecule has 1 heterocycles. The minimum absolute atomic E-state index is 0.0626. The van der Waals surface area contributed by atoms with E-state index in [-0.39, 0.29) is 12.6 Å². The topological polar surface area (TPSA) is 77.6 Å². The molecule has 6 heteroatoms. The third kappa shape index (κ3) is 2.87. The molecule has 1 aliphatic rings. The summed E-state index contributed by atoms with van der Waals surface area (Å²) >= 11 is 5.95. The number of fused-ring (bicyclic) bond motifs is 1. The van der Waals surface area contributed by atoms with Crippen molar-refractivity contribution in [1.82, 2.24) is 0 Å². The fourth-order valence-electron chi connectivity index (χ4n) is 2.03. The van der Waals surface area contributed by atoms with Crippen molar-refractivity contribution in [3.63, 3.8) is 0 Å². The molecule has 21 heavy (non-hydrogen) atoms. The van der Waals surface area contributed by atoms with E-state index in [1.54, 1.807) is 18.2 Å². The zero-order valence-electron chi connectivity index (χ0n) is 11.1. The predicted molar refractivity (Wildman–Crippen MR) is 79.4 cm³/mol. The van der Waals surface area contributed by atoms with Gasteiger partial charge in [0.2, 0.25) is 6.79 Å². The summed E-state index contributed by atoms with van der Waals surface area (Å²) in [4.78, 5) is 0. The molecule has 0 bridgehead atoms. The van der Waals surface area contributed by atoms with Crippen molar-refractivity contribution in [2.45, 2.75) is 6.61 Å². The summed E-state index contributed by atoms with van der Waals surface area (Å²) in [6.45, 7) is 0.555. The smallest absolute Gasteiger partial charge is 0.231 e. The summed E-state index contributed by atoms with van der Waals surface area (Å²) in [6.07, 6.45) is 0. The number of halogens is 1. The van der Waals surface area contributed by atoms with E-state index in [0.717, 1.165) is 11.3 Å². The molecule has 0 spiro atoms. The van der Waals surface area contributed by atoms with Crippen LogP contribution in [0.25, 0.3) is 0 Å². The Hall–Kier alpha value is -2.40. The van der Waals surface area contributed by atoms with Gasteiger partial charge in [-0.2, -0.15) is 0 Å². The molecule has 108 valence electrons. The molecular weight excluding hydrogens is 292 g/mol. The van der Waals surface area contributed by atoms with E-state index in [1.165, 1.54) is 0 Å². The van der Waals surface area contributed by atoms with Gasteiger partial charge < -0.3 is 19.9 Å². The summed E-state index contributed by atoms with van der Waals surface area (Å²) in [5.74, 6) is 1.85. The Morgan fingerprint density at radius 1 is 1.19 bits per heavy atom. The number of hydrogen-bond acceptors (Lipinski definition) is 4. The fourth-order valence-corrected chi connectivity index (χ4v) is 2.19. The van der Waals surface area contributed by atoms with Crippen molar-refractivity contribution in [2.75, 3.05) is 6.79 Å². The molecule has 0 aliphatic carbocycles. The van der Waals surface area contributed by atoms with Gasteiger partial charge in [0.05, 0.1) is 5.56 Å². The van der Waals surface area contributed by atoms with Crippen LogP contribution < -0.4 is 19.9 Å². The first kappa shape index (κ1) is 13.6. The monoisotopic (exact) mass is 304 g/mol. The molecule has 0 radical (unpaired) electrons. The molecule has 3 N–H and O–H groups in total. The molecule has 5 nitrogen and oxygen atoms in total. The highest BCUT2D eigenvalue weighted by Crippen LogP contribution is 2.33. The lowest BCUT2D eigenvalue weighted by Crippen LogP contribution is -2.13. The molecule has 1 aliphatic heterocycles. The van der Waals surface area contributed by atoms with Crippen LogP contribution in [0.15, 0.2) is 36.4 Å². The molecule has 0 aromatic heterocycles. The van der Waals surface area contributed by atoms with Gasteiger partial charge in [0, 0.05) is 5.02 Å². The highest BCUT2D eigenvalue weighted by molar-refractivity contribution is 6.30. The number of rotatable bonds is 4. The minimum atomic E-state index is -0.0626. The lowest BCUT2D eigenvalue weighted by Gasteiger charge is -2.11. The molecule has 0 saturated heterocycles. The maximum absolute atomic E-state index is 7.55. The summed E-state index contributed by atoms with van der Waals surface area (Å²) < 4.78 is 16.3. The Morgan fingerprint density at radius 3 is 2.81 bits per heavy atom. The van der Waals surface area contributed by atoms with E-state index in [0.29, 0.717) is 28.7 Å². The maximum Gasteiger partial charge on any atom is 0.231 e. The molecule has 0 unspecified atom stereocenters. The molecule has 2 aromatic carbocycles. The first-order valence-corrected chi connectivity index (χ1v) is 6.66. The number of ether oxygens (including phenoxy) is 3. The average molecular weight is 305 g/mol. The molecule has 2 aromatic rings. The van der Waals surface area contributed by atoms with Crippen molar-refractivity contribution >= 4 is 17.4 Å². The lowest BCUT2D eigenvalue weighted by molar-refractivity contribution is 0.174. The van der Waals surface area contributed by atoms with E-state index in [1.807, 2.05) is 18.2 Å². The molecular formula is C15H13ClN2O3. The third-order valence-corrected chi connectivity index (χ3v) is 3.30.